The highest BCUT2D eigenvalue weighted by Gasteiger charge is 2.12. The molecule has 0 aliphatic carbocycles. The first kappa shape index (κ1) is 27.4. The third-order valence-electron chi connectivity index (χ3n) is 5.15. The molecule has 0 saturated heterocycles. The van der Waals surface area contributed by atoms with E-state index in [-0.39, 0.29) is 19.1 Å². The van der Waals surface area contributed by atoms with Crippen LogP contribution in [0.5, 0.6) is 11.5 Å². The van der Waals surface area contributed by atoms with Crippen LogP contribution in [0.15, 0.2) is 70.2 Å². The third kappa shape index (κ3) is 8.46. The summed E-state index contributed by atoms with van der Waals surface area (Å²) < 4.78 is 11.9. The molecule has 0 heterocycles. The van der Waals surface area contributed by atoms with E-state index >= 15 is 0 Å². The van der Waals surface area contributed by atoms with E-state index in [1.54, 1.807) is 24.3 Å². The number of ether oxygens (including phenoxy) is 2. The van der Waals surface area contributed by atoms with E-state index in [1.165, 1.54) is 13.3 Å². The topological polar surface area (TPSA) is 118 Å². The Morgan fingerprint density at radius 2 is 1.70 bits per heavy atom. The van der Waals surface area contributed by atoms with Crippen molar-refractivity contribution in [1.29, 1.82) is 0 Å². The van der Waals surface area contributed by atoms with Gasteiger partial charge in [-0.15, -0.1) is 0 Å². The molecule has 3 N–H and O–H groups in total. The van der Waals surface area contributed by atoms with Crippen LogP contribution < -0.4 is 25.5 Å². The van der Waals surface area contributed by atoms with Crippen LogP contribution in [-0.2, 0) is 20.9 Å². The van der Waals surface area contributed by atoms with Gasteiger partial charge in [-0.25, -0.2) is 5.43 Å². The van der Waals surface area contributed by atoms with Gasteiger partial charge in [-0.05, 0) is 66.9 Å². The molecule has 3 rings (SSSR count). The molecule has 0 saturated carbocycles. The van der Waals surface area contributed by atoms with Crippen LogP contribution in [-0.4, -0.2) is 37.7 Å². The molecule has 0 aliphatic heterocycles. The van der Waals surface area contributed by atoms with Gasteiger partial charge in [-0.2, -0.15) is 5.10 Å². The lowest BCUT2D eigenvalue weighted by Crippen LogP contribution is -2.37. The molecule has 9 nitrogen and oxygen atoms in total. The fourth-order valence-corrected chi connectivity index (χ4v) is 3.38. The molecule has 37 heavy (non-hydrogen) atoms. The minimum absolute atomic E-state index is 0.216. The summed E-state index contributed by atoms with van der Waals surface area (Å²) in [6, 6.07) is 18.0. The molecule has 0 aliphatic rings. The number of hydrazone groups is 1. The molecular formula is C27H27BrN4O5. The van der Waals surface area contributed by atoms with Gasteiger partial charge in [0.1, 0.15) is 0 Å². The van der Waals surface area contributed by atoms with E-state index in [9.17, 15) is 14.4 Å². The minimum Gasteiger partial charge on any atom is -0.493 e. The number of methoxy groups -OCH3 is 1. The Morgan fingerprint density at radius 1 is 0.946 bits per heavy atom. The van der Waals surface area contributed by atoms with Crippen molar-refractivity contribution in [2.75, 3.05) is 19.0 Å². The first-order valence-electron chi connectivity index (χ1n) is 11.3. The Balaban J connectivity index is 1.49. The Morgan fingerprint density at radius 3 is 2.41 bits per heavy atom. The number of nitrogens with zero attached hydrogens (tertiary/aromatic N) is 1. The molecule has 0 spiro atoms. The number of benzene rings is 3. The largest absolute Gasteiger partial charge is 0.493 e. The Labute approximate surface area is 223 Å². The maximum Gasteiger partial charge on any atom is 0.329 e. The number of halogens is 1. The van der Waals surface area contributed by atoms with Gasteiger partial charge in [0.05, 0.1) is 13.3 Å². The lowest BCUT2D eigenvalue weighted by atomic mass is 10.1. The molecule has 3 aromatic carbocycles. The number of amides is 3. The number of carbonyl (C=O) groups is 3. The fraction of sp³-hybridized carbons (Fsp3) is 0.185. The SMILES string of the molecule is COc1cc(/C=N\NC(=O)C(=O)NCc2ccc(C)cc2)ccc1OCC(=O)Nc1ccc(Br)c(C)c1. The van der Waals surface area contributed by atoms with E-state index in [0.717, 1.165) is 21.2 Å². The highest BCUT2D eigenvalue weighted by Crippen LogP contribution is 2.27. The monoisotopic (exact) mass is 566 g/mol. The van der Waals surface area contributed by atoms with Gasteiger partial charge in [-0.1, -0.05) is 45.8 Å². The molecule has 0 aromatic heterocycles. The van der Waals surface area contributed by atoms with E-state index in [2.05, 4.69) is 37.1 Å². The van der Waals surface area contributed by atoms with Crippen LogP contribution in [0.25, 0.3) is 0 Å². The normalized spacial score (nSPS) is 10.6. The maximum absolute atomic E-state index is 12.3. The second-order valence-corrected chi connectivity index (χ2v) is 8.93. The predicted molar refractivity (Wildman–Crippen MR) is 145 cm³/mol. The molecule has 0 radical (unpaired) electrons. The summed E-state index contributed by atoms with van der Waals surface area (Å²) in [6.07, 6.45) is 1.36. The summed E-state index contributed by atoms with van der Waals surface area (Å²) in [6.45, 7) is 3.91. The summed E-state index contributed by atoms with van der Waals surface area (Å²) in [5.74, 6) is -1.27. The van der Waals surface area contributed by atoms with Gasteiger partial charge >= 0.3 is 11.8 Å². The first-order chi connectivity index (χ1) is 17.7. The van der Waals surface area contributed by atoms with Crippen LogP contribution in [0.4, 0.5) is 5.69 Å². The molecule has 0 atom stereocenters. The summed E-state index contributed by atoms with van der Waals surface area (Å²) in [5.41, 5.74) is 6.42. The smallest absolute Gasteiger partial charge is 0.329 e. The number of carbonyl (C=O) groups excluding carboxylic acids is 3. The van der Waals surface area contributed by atoms with Crippen molar-refractivity contribution < 1.29 is 23.9 Å². The van der Waals surface area contributed by atoms with Gasteiger partial charge in [-0.3, -0.25) is 14.4 Å². The van der Waals surface area contributed by atoms with Gasteiger partial charge < -0.3 is 20.1 Å². The Hall–Kier alpha value is -4.18. The number of hydrogen-bond acceptors (Lipinski definition) is 6. The van der Waals surface area contributed by atoms with Gasteiger partial charge in [0, 0.05) is 16.7 Å². The summed E-state index contributed by atoms with van der Waals surface area (Å²) >= 11 is 3.42. The second kappa shape index (κ2) is 13.2. The summed E-state index contributed by atoms with van der Waals surface area (Å²) in [5, 5.41) is 9.14. The molecule has 0 unspecified atom stereocenters. The predicted octanol–water partition coefficient (Wildman–Crippen LogP) is 3.86. The lowest BCUT2D eigenvalue weighted by Gasteiger charge is -2.12. The Kier molecular flexibility index (Phi) is 9.79. The Bertz CT molecular complexity index is 1310. The quantitative estimate of drug-likeness (QED) is 0.206. The van der Waals surface area contributed by atoms with Crippen LogP contribution >= 0.6 is 15.9 Å². The standard InChI is InChI=1S/C27H27BrN4O5/c1-17-4-6-19(7-5-17)14-29-26(34)27(35)32-30-15-20-8-11-23(24(13-20)36-3)37-16-25(33)31-21-9-10-22(28)18(2)12-21/h4-13,15H,14,16H2,1-3H3,(H,29,34)(H,31,33)(H,32,35)/b30-15-. The summed E-state index contributed by atoms with van der Waals surface area (Å²) in [7, 11) is 1.47. The number of rotatable bonds is 9. The number of nitrogens with one attached hydrogen (secondary N) is 3. The minimum atomic E-state index is -0.887. The first-order valence-corrected chi connectivity index (χ1v) is 12.1. The maximum atomic E-state index is 12.3. The van der Waals surface area contributed by atoms with E-state index < -0.39 is 11.8 Å². The van der Waals surface area contributed by atoms with E-state index in [0.29, 0.717) is 22.7 Å². The van der Waals surface area contributed by atoms with Crippen molar-refractivity contribution in [1.82, 2.24) is 10.7 Å². The molecule has 0 fully saturated rings. The van der Waals surface area contributed by atoms with E-state index in [1.807, 2.05) is 50.2 Å². The number of anilines is 1. The highest BCUT2D eigenvalue weighted by molar-refractivity contribution is 9.10. The zero-order chi connectivity index (χ0) is 26.8. The van der Waals surface area contributed by atoms with Crippen LogP contribution in [0.3, 0.4) is 0 Å². The zero-order valence-electron chi connectivity index (χ0n) is 20.6. The summed E-state index contributed by atoms with van der Waals surface area (Å²) in [4.78, 5) is 36.2. The lowest BCUT2D eigenvalue weighted by molar-refractivity contribution is -0.139. The molecule has 192 valence electrons. The van der Waals surface area contributed by atoms with Crippen molar-refractivity contribution in [3.63, 3.8) is 0 Å². The zero-order valence-corrected chi connectivity index (χ0v) is 22.2. The number of aryl methyl sites for hydroxylation is 2. The highest BCUT2D eigenvalue weighted by atomic mass is 79.9. The molecule has 0 bridgehead atoms. The third-order valence-corrected chi connectivity index (χ3v) is 6.04. The molecule has 10 heteroatoms. The average Bonchev–Trinajstić information content (AvgIpc) is 2.89. The van der Waals surface area contributed by atoms with Gasteiger partial charge in [0.2, 0.25) is 0 Å². The fourth-order valence-electron chi connectivity index (χ4n) is 3.13. The molecule has 3 aromatic rings. The second-order valence-electron chi connectivity index (χ2n) is 8.08. The van der Waals surface area contributed by atoms with Gasteiger partial charge in [0.15, 0.2) is 18.1 Å². The average molecular weight is 567 g/mol. The van der Waals surface area contributed by atoms with Crippen molar-refractivity contribution in [2.24, 2.45) is 5.10 Å². The van der Waals surface area contributed by atoms with E-state index in [4.69, 9.17) is 9.47 Å². The van der Waals surface area contributed by atoms with Gasteiger partial charge in [0.25, 0.3) is 5.91 Å². The van der Waals surface area contributed by atoms with Crippen molar-refractivity contribution in [3.8, 4) is 11.5 Å². The van der Waals surface area contributed by atoms with Crippen LogP contribution in [0.2, 0.25) is 0 Å². The van der Waals surface area contributed by atoms with Crippen LogP contribution in [0, 0.1) is 13.8 Å². The van der Waals surface area contributed by atoms with Crippen LogP contribution in [0.1, 0.15) is 22.3 Å². The number of hydrogen-bond donors (Lipinski definition) is 3. The van der Waals surface area contributed by atoms with Crippen molar-refractivity contribution in [3.05, 3.63) is 87.4 Å². The van der Waals surface area contributed by atoms with Crippen molar-refractivity contribution >= 4 is 45.6 Å². The molecule has 3 amide bonds. The van der Waals surface area contributed by atoms with Crippen molar-refractivity contribution in [2.45, 2.75) is 20.4 Å². The molecular weight excluding hydrogens is 540 g/mol.